The van der Waals surface area contributed by atoms with E-state index in [1.807, 2.05) is 0 Å². The summed E-state index contributed by atoms with van der Waals surface area (Å²) in [6.07, 6.45) is 0.666. The van der Waals surface area contributed by atoms with Crippen LogP contribution in [0.2, 0.25) is 0 Å². The molecule has 86 valence electrons. The van der Waals surface area contributed by atoms with Crippen LogP contribution >= 0.6 is 11.3 Å². The Labute approximate surface area is 100 Å². The monoisotopic (exact) mass is 250 g/mol. The maximum absolute atomic E-state index is 12.6. The zero-order valence-corrected chi connectivity index (χ0v) is 9.37. The topological polar surface area (TPSA) is 43.4 Å². The number of hydrogen-bond donors (Lipinski definition) is 0. The van der Waals surface area contributed by atoms with Crippen LogP contribution in [0.5, 0.6) is 5.75 Å². The Bertz CT molecular complexity index is 545. The van der Waals surface area contributed by atoms with E-state index in [1.165, 1.54) is 30.3 Å². The highest BCUT2D eigenvalue weighted by Gasteiger charge is 2.11. The van der Waals surface area contributed by atoms with Crippen LogP contribution in [-0.2, 0) is 0 Å². The third-order valence-corrected chi connectivity index (χ3v) is 2.96. The fourth-order valence-electron chi connectivity index (χ4n) is 1.19. The Kier molecular flexibility index (Phi) is 3.30. The fraction of sp³-hybridized carbons (Fsp3) is 0. The summed E-state index contributed by atoms with van der Waals surface area (Å²) >= 11 is 1.05. The molecular weight excluding hydrogens is 243 g/mol. The Morgan fingerprint density at radius 1 is 1.18 bits per heavy atom. The Morgan fingerprint density at radius 3 is 2.47 bits per heavy atom. The molecule has 3 nitrogen and oxygen atoms in total. The molecule has 1 aromatic heterocycles. The highest BCUT2D eigenvalue weighted by atomic mass is 32.1. The maximum Gasteiger partial charge on any atom is 0.353 e. The molecular formula is C12H7FO3S. The zero-order valence-electron chi connectivity index (χ0n) is 8.55. The summed E-state index contributed by atoms with van der Waals surface area (Å²) in [6.45, 7) is 0. The van der Waals surface area contributed by atoms with E-state index in [2.05, 4.69) is 0 Å². The minimum Gasteiger partial charge on any atom is -0.422 e. The van der Waals surface area contributed by atoms with E-state index < -0.39 is 11.8 Å². The van der Waals surface area contributed by atoms with Crippen molar-refractivity contribution in [2.24, 2.45) is 0 Å². The van der Waals surface area contributed by atoms with Crippen molar-refractivity contribution in [1.82, 2.24) is 0 Å². The first-order valence-electron chi connectivity index (χ1n) is 4.72. The molecule has 17 heavy (non-hydrogen) atoms. The molecule has 0 atom stereocenters. The fourth-order valence-corrected chi connectivity index (χ4v) is 1.89. The van der Waals surface area contributed by atoms with Crippen LogP contribution in [-0.4, -0.2) is 12.3 Å². The second kappa shape index (κ2) is 4.88. The summed E-state index contributed by atoms with van der Waals surface area (Å²) in [6, 6.07) is 8.18. The molecule has 0 fully saturated rings. The van der Waals surface area contributed by atoms with Gasteiger partial charge in [0.1, 0.15) is 16.4 Å². The number of rotatable bonds is 3. The number of carbonyl (C=O) groups is 2. The van der Waals surface area contributed by atoms with Crippen LogP contribution in [0.15, 0.2) is 36.4 Å². The smallest absolute Gasteiger partial charge is 0.353 e. The van der Waals surface area contributed by atoms with Gasteiger partial charge in [-0.25, -0.2) is 9.18 Å². The second-order valence-corrected chi connectivity index (χ2v) is 4.28. The van der Waals surface area contributed by atoms with Gasteiger partial charge in [0.2, 0.25) is 0 Å². The lowest BCUT2D eigenvalue weighted by atomic mass is 10.3. The number of halogens is 1. The van der Waals surface area contributed by atoms with Crippen LogP contribution in [0, 0.1) is 5.82 Å². The van der Waals surface area contributed by atoms with Crippen LogP contribution in [0.1, 0.15) is 19.3 Å². The molecule has 0 N–H and O–H groups in total. The third kappa shape index (κ3) is 2.76. The number of ether oxygens (including phenoxy) is 1. The lowest BCUT2D eigenvalue weighted by molar-refractivity contribution is 0.0739. The molecule has 2 aromatic rings. The van der Waals surface area contributed by atoms with Crippen molar-refractivity contribution in [3.05, 3.63) is 52.0 Å². The molecule has 0 spiro atoms. The summed E-state index contributed by atoms with van der Waals surface area (Å²) in [4.78, 5) is 22.8. The molecule has 0 radical (unpaired) electrons. The third-order valence-electron chi connectivity index (χ3n) is 1.97. The summed E-state index contributed by atoms with van der Waals surface area (Å²) in [5.41, 5.74) is 0. The SMILES string of the molecule is O=Cc1ccc(C(=O)Oc2ccc(F)cc2)s1. The molecule has 0 aliphatic rings. The highest BCUT2D eigenvalue weighted by molar-refractivity contribution is 7.15. The van der Waals surface area contributed by atoms with E-state index >= 15 is 0 Å². The van der Waals surface area contributed by atoms with Crippen LogP contribution in [0.4, 0.5) is 4.39 Å². The number of esters is 1. The van der Waals surface area contributed by atoms with E-state index in [0.717, 1.165) is 11.3 Å². The average molecular weight is 250 g/mol. The van der Waals surface area contributed by atoms with Gasteiger partial charge in [-0.3, -0.25) is 4.79 Å². The molecule has 5 heteroatoms. The summed E-state index contributed by atoms with van der Waals surface area (Å²) < 4.78 is 17.6. The molecule has 0 saturated heterocycles. The Balaban J connectivity index is 2.11. The minimum absolute atomic E-state index is 0.262. The Hall–Kier alpha value is -2.01. The normalized spacial score (nSPS) is 9.94. The zero-order chi connectivity index (χ0) is 12.3. The molecule has 0 unspecified atom stereocenters. The number of hydrogen-bond acceptors (Lipinski definition) is 4. The van der Waals surface area contributed by atoms with Gasteiger partial charge in [-0.1, -0.05) is 0 Å². The van der Waals surface area contributed by atoms with Crippen molar-refractivity contribution in [3.63, 3.8) is 0 Å². The second-order valence-electron chi connectivity index (χ2n) is 3.16. The van der Waals surface area contributed by atoms with Crippen LogP contribution in [0.3, 0.4) is 0 Å². The van der Waals surface area contributed by atoms with Gasteiger partial charge in [0, 0.05) is 0 Å². The van der Waals surface area contributed by atoms with Crippen molar-refractivity contribution < 1.29 is 18.7 Å². The predicted molar refractivity (Wildman–Crippen MR) is 61.1 cm³/mol. The first kappa shape index (κ1) is 11.5. The number of thiophene rings is 1. The van der Waals surface area contributed by atoms with Crippen LogP contribution in [0.25, 0.3) is 0 Å². The molecule has 0 amide bonds. The van der Waals surface area contributed by atoms with Gasteiger partial charge in [-0.15, -0.1) is 11.3 Å². The predicted octanol–water partition coefficient (Wildman–Crippen LogP) is 2.92. The molecule has 0 aliphatic heterocycles. The van der Waals surface area contributed by atoms with E-state index in [9.17, 15) is 14.0 Å². The van der Waals surface area contributed by atoms with Gasteiger partial charge in [0.05, 0.1) is 4.88 Å². The first-order valence-corrected chi connectivity index (χ1v) is 5.53. The summed E-state index contributed by atoms with van der Waals surface area (Å²) in [5.74, 6) is -0.698. The van der Waals surface area contributed by atoms with E-state index in [0.29, 0.717) is 16.0 Å². The van der Waals surface area contributed by atoms with Crippen molar-refractivity contribution in [1.29, 1.82) is 0 Å². The molecule has 2 rings (SSSR count). The van der Waals surface area contributed by atoms with E-state index in [1.54, 1.807) is 6.07 Å². The highest BCUT2D eigenvalue weighted by Crippen LogP contribution is 2.18. The van der Waals surface area contributed by atoms with Crippen molar-refractivity contribution >= 4 is 23.6 Å². The van der Waals surface area contributed by atoms with Crippen molar-refractivity contribution in [2.45, 2.75) is 0 Å². The Morgan fingerprint density at radius 2 is 1.88 bits per heavy atom. The molecule has 1 aromatic carbocycles. The summed E-state index contributed by atoms with van der Waals surface area (Å²) in [7, 11) is 0. The summed E-state index contributed by atoms with van der Waals surface area (Å²) in [5, 5.41) is 0. The van der Waals surface area contributed by atoms with Crippen LogP contribution < -0.4 is 4.74 Å². The number of benzene rings is 1. The molecule has 1 heterocycles. The van der Waals surface area contributed by atoms with Gasteiger partial charge < -0.3 is 4.74 Å². The molecule has 0 aliphatic carbocycles. The number of carbonyl (C=O) groups excluding carboxylic acids is 2. The maximum atomic E-state index is 12.6. The lowest BCUT2D eigenvalue weighted by Crippen LogP contribution is -2.06. The van der Waals surface area contributed by atoms with E-state index in [4.69, 9.17) is 4.74 Å². The molecule has 0 saturated carbocycles. The van der Waals surface area contributed by atoms with Crippen molar-refractivity contribution in [3.8, 4) is 5.75 Å². The van der Waals surface area contributed by atoms with Gasteiger partial charge in [-0.05, 0) is 36.4 Å². The van der Waals surface area contributed by atoms with Crippen molar-refractivity contribution in [2.75, 3.05) is 0 Å². The minimum atomic E-state index is -0.560. The van der Waals surface area contributed by atoms with Gasteiger partial charge >= 0.3 is 5.97 Å². The van der Waals surface area contributed by atoms with Gasteiger partial charge in [0.25, 0.3) is 0 Å². The average Bonchev–Trinajstić information content (AvgIpc) is 2.81. The van der Waals surface area contributed by atoms with Gasteiger partial charge in [-0.2, -0.15) is 0 Å². The quantitative estimate of drug-likeness (QED) is 0.478. The first-order chi connectivity index (χ1) is 8.19. The standard InChI is InChI=1S/C12H7FO3S/c13-8-1-3-9(4-2-8)16-12(15)11-6-5-10(7-14)17-11/h1-7H. The van der Waals surface area contributed by atoms with E-state index in [-0.39, 0.29) is 5.75 Å². The number of aldehydes is 1. The molecule has 0 bridgehead atoms. The lowest BCUT2D eigenvalue weighted by Gasteiger charge is -2.01. The van der Waals surface area contributed by atoms with Gasteiger partial charge in [0.15, 0.2) is 6.29 Å². The largest absolute Gasteiger partial charge is 0.422 e.